The zero-order valence-electron chi connectivity index (χ0n) is 11.4. The molecule has 2 rings (SSSR count). The molecule has 1 fully saturated rings. The minimum absolute atomic E-state index is 0.206. The summed E-state index contributed by atoms with van der Waals surface area (Å²) in [6.45, 7) is 8.34. The van der Waals surface area contributed by atoms with Crippen LogP contribution in [-0.2, 0) is 15.9 Å². The molecule has 0 aliphatic carbocycles. The van der Waals surface area contributed by atoms with Gasteiger partial charge in [-0.05, 0) is 39.2 Å². The van der Waals surface area contributed by atoms with Crippen molar-refractivity contribution in [2.24, 2.45) is 5.73 Å². The Morgan fingerprint density at radius 2 is 1.72 bits per heavy atom. The first-order valence-electron chi connectivity index (χ1n) is 6.14. The van der Waals surface area contributed by atoms with Crippen molar-refractivity contribution in [2.75, 3.05) is 0 Å². The maximum atomic E-state index is 9.62. The molecule has 18 heavy (non-hydrogen) atoms. The van der Waals surface area contributed by atoms with E-state index in [-0.39, 0.29) is 17.0 Å². The summed E-state index contributed by atoms with van der Waals surface area (Å²) in [6, 6.07) is 5.26. The lowest BCUT2D eigenvalue weighted by atomic mass is 9.78. The zero-order valence-corrected chi connectivity index (χ0v) is 11.4. The van der Waals surface area contributed by atoms with Crippen LogP contribution in [0.1, 0.15) is 33.3 Å². The molecule has 0 atom stereocenters. The third kappa shape index (κ3) is 2.14. The molecular formula is C13H20BNO3. The smallest absolute Gasteiger partial charge is 0.494 e. The molecule has 1 aliphatic heterocycles. The maximum absolute atomic E-state index is 9.62. The van der Waals surface area contributed by atoms with Gasteiger partial charge in [-0.25, -0.2) is 0 Å². The van der Waals surface area contributed by atoms with Crippen LogP contribution < -0.4 is 11.2 Å². The van der Waals surface area contributed by atoms with E-state index in [4.69, 9.17) is 15.0 Å². The lowest BCUT2D eigenvalue weighted by Crippen LogP contribution is -2.41. The summed E-state index contributed by atoms with van der Waals surface area (Å²) in [4.78, 5) is 0. The average molecular weight is 249 g/mol. The number of hydrogen-bond acceptors (Lipinski definition) is 4. The predicted octanol–water partition coefficient (Wildman–Crippen LogP) is 1.15. The van der Waals surface area contributed by atoms with Crippen molar-refractivity contribution in [2.45, 2.75) is 45.4 Å². The quantitative estimate of drug-likeness (QED) is 0.771. The monoisotopic (exact) mass is 249 g/mol. The molecule has 1 heterocycles. The maximum Gasteiger partial charge on any atom is 0.494 e. The topological polar surface area (TPSA) is 64.7 Å². The first-order valence-corrected chi connectivity index (χ1v) is 6.14. The summed E-state index contributed by atoms with van der Waals surface area (Å²) >= 11 is 0. The normalized spacial score (nSPS) is 21.3. The van der Waals surface area contributed by atoms with Crippen LogP contribution in [-0.4, -0.2) is 23.4 Å². The molecular weight excluding hydrogens is 229 g/mol. The van der Waals surface area contributed by atoms with Crippen LogP contribution >= 0.6 is 0 Å². The van der Waals surface area contributed by atoms with E-state index in [2.05, 4.69) is 0 Å². The van der Waals surface area contributed by atoms with Gasteiger partial charge in [0.2, 0.25) is 0 Å². The molecule has 1 aromatic rings. The SMILES string of the molecule is CC1(C)OB(c2ccc(O)c(CN)c2)OC1(C)C. The molecule has 0 saturated carbocycles. The summed E-state index contributed by atoms with van der Waals surface area (Å²) in [5.41, 5.74) is 6.44. The van der Waals surface area contributed by atoms with Gasteiger partial charge in [0.1, 0.15) is 5.75 Å². The molecule has 3 N–H and O–H groups in total. The number of nitrogens with two attached hydrogens (primary N) is 1. The van der Waals surface area contributed by atoms with Crippen molar-refractivity contribution in [1.29, 1.82) is 0 Å². The molecule has 0 amide bonds. The summed E-state index contributed by atoms with van der Waals surface area (Å²) in [5, 5.41) is 9.62. The lowest BCUT2D eigenvalue weighted by Gasteiger charge is -2.32. The van der Waals surface area contributed by atoms with E-state index in [1.54, 1.807) is 12.1 Å². The van der Waals surface area contributed by atoms with E-state index >= 15 is 0 Å². The van der Waals surface area contributed by atoms with Gasteiger partial charge in [0.05, 0.1) is 11.2 Å². The Morgan fingerprint density at radius 3 is 2.22 bits per heavy atom. The third-order valence-electron chi connectivity index (χ3n) is 3.85. The van der Waals surface area contributed by atoms with Crippen LogP contribution in [0, 0.1) is 0 Å². The Labute approximate surface area is 108 Å². The van der Waals surface area contributed by atoms with Gasteiger partial charge in [-0.15, -0.1) is 0 Å². The van der Waals surface area contributed by atoms with Gasteiger partial charge in [0.15, 0.2) is 0 Å². The van der Waals surface area contributed by atoms with Crippen LogP contribution in [0.25, 0.3) is 0 Å². The Bertz CT molecular complexity index is 444. The van der Waals surface area contributed by atoms with E-state index < -0.39 is 7.12 Å². The zero-order chi connectivity index (χ0) is 13.6. The van der Waals surface area contributed by atoms with Gasteiger partial charge in [-0.1, -0.05) is 12.1 Å². The highest BCUT2D eigenvalue weighted by molar-refractivity contribution is 6.62. The molecule has 0 unspecified atom stereocenters. The molecule has 0 aromatic heterocycles. The second kappa shape index (κ2) is 4.26. The third-order valence-corrected chi connectivity index (χ3v) is 3.85. The van der Waals surface area contributed by atoms with Gasteiger partial charge in [-0.3, -0.25) is 0 Å². The van der Waals surface area contributed by atoms with Crippen LogP contribution in [0.3, 0.4) is 0 Å². The highest BCUT2D eigenvalue weighted by atomic mass is 16.7. The summed E-state index contributed by atoms with van der Waals surface area (Å²) in [5.74, 6) is 0.206. The summed E-state index contributed by atoms with van der Waals surface area (Å²) < 4.78 is 11.9. The number of aromatic hydroxyl groups is 1. The van der Waals surface area contributed by atoms with Gasteiger partial charge in [0, 0.05) is 12.1 Å². The average Bonchev–Trinajstić information content (AvgIpc) is 2.49. The molecule has 1 aliphatic rings. The number of hydrogen-bond donors (Lipinski definition) is 2. The van der Waals surface area contributed by atoms with Crippen molar-refractivity contribution < 1.29 is 14.4 Å². The Hall–Kier alpha value is -1.04. The number of phenolic OH excluding ortho intramolecular Hbond substituents is 1. The van der Waals surface area contributed by atoms with Crippen molar-refractivity contribution >= 4 is 12.6 Å². The van der Waals surface area contributed by atoms with Gasteiger partial charge in [-0.2, -0.15) is 0 Å². The molecule has 0 bridgehead atoms. The standard InChI is InChI=1S/C13H20BNO3/c1-12(2)13(3,4)18-14(17-12)10-5-6-11(16)9(7-10)8-15/h5-7,16H,8,15H2,1-4H3. The number of benzene rings is 1. The van der Waals surface area contributed by atoms with Crippen LogP contribution in [0.4, 0.5) is 0 Å². The molecule has 1 aromatic carbocycles. The summed E-state index contributed by atoms with van der Waals surface area (Å²) in [6.07, 6.45) is 0. The van der Waals surface area contributed by atoms with E-state index in [1.807, 2.05) is 33.8 Å². The lowest BCUT2D eigenvalue weighted by molar-refractivity contribution is 0.00578. The Morgan fingerprint density at radius 1 is 1.17 bits per heavy atom. The fourth-order valence-corrected chi connectivity index (χ4v) is 1.89. The van der Waals surface area contributed by atoms with Gasteiger partial charge >= 0.3 is 7.12 Å². The van der Waals surface area contributed by atoms with Crippen LogP contribution in [0.15, 0.2) is 18.2 Å². The minimum atomic E-state index is -0.416. The number of phenols is 1. The van der Waals surface area contributed by atoms with E-state index in [0.717, 1.165) is 5.46 Å². The first kappa shape index (κ1) is 13.4. The molecule has 1 saturated heterocycles. The summed E-state index contributed by atoms with van der Waals surface area (Å²) in [7, 11) is -0.416. The molecule has 98 valence electrons. The largest absolute Gasteiger partial charge is 0.508 e. The van der Waals surface area contributed by atoms with Crippen molar-refractivity contribution in [3.8, 4) is 5.75 Å². The van der Waals surface area contributed by atoms with Crippen molar-refractivity contribution in [1.82, 2.24) is 0 Å². The molecule has 0 spiro atoms. The van der Waals surface area contributed by atoms with E-state index in [0.29, 0.717) is 12.1 Å². The van der Waals surface area contributed by atoms with E-state index in [1.165, 1.54) is 0 Å². The van der Waals surface area contributed by atoms with Crippen LogP contribution in [0.5, 0.6) is 5.75 Å². The van der Waals surface area contributed by atoms with Gasteiger partial charge in [0.25, 0.3) is 0 Å². The van der Waals surface area contributed by atoms with Crippen molar-refractivity contribution in [3.63, 3.8) is 0 Å². The fraction of sp³-hybridized carbons (Fsp3) is 0.538. The highest BCUT2D eigenvalue weighted by Gasteiger charge is 2.51. The fourth-order valence-electron chi connectivity index (χ4n) is 1.89. The number of rotatable bonds is 2. The van der Waals surface area contributed by atoms with E-state index in [9.17, 15) is 5.11 Å². The highest BCUT2D eigenvalue weighted by Crippen LogP contribution is 2.36. The molecule has 4 nitrogen and oxygen atoms in total. The molecule has 0 radical (unpaired) electrons. The van der Waals surface area contributed by atoms with Crippen molar-refractivity contribution in [3.05, 3.63) is 23.8 Å². The second-order valence-corrected chi connectivity index (χ2v) is 5.68. The minimum Gasteiger partial charge on any atom is -0.508 e. The van der Waals surface area contributed by atoms with Crippen LogP contribution in [0.2, 0.25) is 0 Å². The predicted molar refractivity (Wildman–Crippen MR) is 71.7 cm³/mol. The Kier molecular flexibility index (Phi) is 3.17. The first-order chi connectivity index (χ1) is 8.27. The molecule has 5 heteroatoms. The van der Waals surface area contributed by atoms with Gasteiger partial charge < -0.3 is 20.1 Å². The second-order valence-electron chi connectivity index (χ2n) is 5.68. The Balaban J connectivity index is 2.30.